The molecule has 0 aromatic heterocycles. The molecular weight excluding hydrogens is 243 g/mol. The van der Waals surface area contributed by atoms with Gasteiger partial charge in [0.1, 0.15) is 5.82 Å². The van der Waals surface area contributed by atoms with Crippen LogP contribution in [0.5, 0.6) is 0 Å². The van der Waals surface area contributed by atoms with E-state index in [0.717, 1.165) is 0 Å². The Kier molecular flexibility index (Phi) is 3.09. The van der Waals surface area contributed by atoms with Gasteiger partial charge in [-0.15, -0.1) is 0 Å². The van der Waals surface area contributed by atoms with Crippen LogP contribution in [0.4, 0.5) is 10.1 Å². The summed E-state index contributed by atoms with van der Waals surface area (Å²) in [5.41, 5.74) is 5.89. The van der Waals surface area contributed by atoms with Gasteiger partial charge in [0.25, 0.3) is 0 Å². The first-order valence-corrected chi connectivity index (χ1v) is 7.06. The third kappa shape index (κ3) is 2.14. The molecule has 0 saturated carbocycles. The molecule has 6 heteroatoms. The summed E-state index contributed by atoms with van der Waals surface area (Å²) in [4.78, 5) is 2.00. The van der Waals surface area contributed by atoms with E-state index in [4.69, 9.17) is 5.73 Å². The maximum atomic E-state index is 13.2. The highest BCUT2D eigenvalue weighted by molar-refractivity contribution is 7.91. The number of halogens is 1. The zero-order valence-corrected chi connectivity index (χ0v) is 10.4. The molecule has 2 N–H and O–H groups in total. The fourth-order valence-corrected chi connectivity index (χ4v) is 4.02. The van der Waals surface area contributed by atoms with Gasteiger partial charge in [-0.1, -0.05) is 0 Å². The van der Waals surface area contributed by atoms with E-state index in [2.05, 4.69) is 0 Å². The van der Waals surface area contributed by atoms with Crippen molar-refractivity contribution in [3.05, 3.63) is 24.0 Å². The van der Waals surface area contributed by atoms with Crippen molar-refractivity contribution in [2.24, 2.45) is 5.73 Å². The first-order chi connectivity index (χ1) is 7.95. The summed E-state index contributed by atoms with van der Waals surface area (Å²) >= 11 is 0. The van der Waals surface area contributed by atoms with Gasteiger partial charge in [-0.05, 0) is 31.2 Å². The van der Waals surface area contributed by atoms with Crippen LogP contribution in [0.3, 0.4) is 0 Å². The quantitative estimate of drug-likeness (QED) is 0.796. The summed E-state index contributed by atoms with van der Waals surface area (Å²) in [6.07, 6.45) is 0.575. The van der Waals surface area contributed by atoms with E-state index < -0.39 is 15.7 Å². The number of hydrogen-bond donors (Lipinski definition) is 1. The lowest BCUT2D eigenvalue weighted by molar-refractivity contribution is 0.557. The number of benzene rings is 1. The molecule has 0 aliphatic carbocycles. The Morgan fingerprint density at radius 1 is 1.53 bits per heavy atom. The van der Waals surface area contributed by atoms with Crippen LogP contribution in [-0.4, -0.2) is 33.8 Å². The lowest BCUT2D eigenvalue weighted by Crippen LogP contribution is -2.43. The summed E-state index contributed by atoms with van der Waals surface area (Å²) < 4.78 is 37.2. The predicted octanol–water partition coefficient (Wildman–Crippen LogP) is 0.767. The van der Waals surface area contributed by atoms with Crippen molar-refractivity contribution in [3.8, 4) is 0 Å². The fourth-order valence-electron chi connectivity index (χ4n) is 2.15. The highest BCUT2D eigenvalue weighted by Crippen LogP contribution is 2.33. The Morgan fingerprint density at radius 3 is 2.88 bits per heavy atom. The largest absolute Gasteiger partial charge is 0.369 e. The average Bonchev–Trinajstić information content (AvgIpc) is 2.25. The van der Waals surface area contributed by atoms with Gasteiger partial charge in [0.15, 0.2) is 9.84 Å². The molecule has 0 amide bonds. The number of nitrogens with two attached hydrogens (primary N) is 1. The number of rotatable bonds is 2. The van der Waals surface area contributed by atoms with Gasteiger partial charge in [-0.25, -0.2) is 12.8 Å². The Bertz CT molecular complexity index is 530. The SMILES string of the molecule is CN1c2cc(F)ccc2S(=O)(=O)CC1CCN. The van der Waals surface area contributed by atoms with E-state index in [1.54, 1.807) is 11.9 Å². The van der Waals surface area contributed by atoms with Crippen LogP contribution in [-0.2, 0) is 9.84 Å². The molecule has 0 fully saturated rings. The summed E-state index contributed by atoms with van der Waals surface area (Å²) in [6, 6.07) is 3.58. The molecule has 0 saturated heterocycles. The van der Waals surface area contributed by atoms with Gasteiger partial charge in [-0.2, -0.15) is 0 Å². The van der Waals surface area contributed by atoms with Gasteiger partial charge >= 0.3 is 0 Å². The summed E-state index contributed by atoms with van der Waals surface area (Å²) in [5.74, 6) is -0.390. The standard InChI is InChI=1S/C11H15FN2O2S/c1-14-9(4-5-13)7-17(15,16)11-3-2-8(12)6-10(11)14/h2-3,6,9H,4-5,7,13H2,1H3. The Morgan fingerprint density at radius 2 is 2.24 bits per heavy atom. The summed E-state index contributed by atoms with van der Waals surface area (Å²) in [7, 11) is -1.56. The predicted molar refractivity (Wildman–Crippen MR) is 64.3 cm³/mol. The van der Waals surface area contributed by atoms with Crippen molar-refractivity contribution < 1.29 is 12.8 Å². The van der Waals surface area contributed by atoms with Gasteiger partial charge in [-0.3, -0.25) is 0 Å². The van der Waals surface area contributed by atoms with E-state index in [0.29, 0.717) is 18.7 Å². The monoisotopic (exact) mass is 258 g/mol. The minimum absolute atomic E-state index is 0.0410. The van der Waals surface area contributed by atoms with Crippen molar-refractivity contribution in [3.63, 3.8) is 0 Å². The molecule has 4 nitrogen and oxygen atoms in total. The second-order valence-corrected chi connectivity index (χ2v) is 6.24. The lowest BCUT2D eigenvalue weighted by Gasteiger charge is -2.35. The zero-order chi connectivity index (χ0) is 12.6. The molecule has 17 heavy (non-hydrogen) atoms. The van der Waals surface area contributed by atoms with Crippen LogP contribution >= 0.6 is 0 Å². The smallest absolute Gasteiger partial charge is 0.182 e. The van der Waals surface area contributed by atoms with Crippen molar-refractivity contribution in [1.29, 1.82) is 0 Å². The van der Waals surface area contributed by atoms with E-state index in [9.17, 15) is 12.8 Å². The molecule has 1 atom stereocenters. The van der Waals surface area contributed by atoms with Gasteiger partial charge in [0, 0.05) is 13.1 Å². The third-order valence-corrected chi connectivity index (χ3v) is 4.93. The van der Waals surface area contributed by atoms with Crippen LogP contribution in [0, 0.1) is 5.82 Å². The molecule has 1 unspecified atom stereocenters. The molecule has 94 valence electrons. The number of fused-ring (bicyclic) bond motifs is 1. The van der Waals surface area contributed by atoms with Gasteiger partial charge < -0.3 is 10.6 Å². The summed E-state index contributed by atoms with van der Waals surface area (Å²) in [5, 5.41) is 0. The van der Waals surface area contributed by atoms with Crippen molar-refractivity contribution >= 4 is 15.5 Å². The zero-order valence-electron chi connectivity index (χ0n) is 9.56. The summed E-state index contributed by atoms with van der Waals surface area (Å²) in [6.45, 7) is 0.412. The highest BCUT2D eigenvalue weighted by Gasteiger charge is 2.33. The Hall–Kier alpha value is -1.14. The molecule has 1 aromatic rings. The van der Waals surface area contributed by atoms with Crippen LogP contribution in [0.25, 0.3) is 0 Å². The first kappa shape index (κ1) is 12.3. The topological polar surface area (TPSA) is 63.4 Å². The van der Waals surface area contributed by atoms with Crippen LogP contribution < -0.4 is 10.6 Å². The van der Waals surface area contributed by atoms with Crippen molar-refractivity contribution in [1.82, 2.24) is 0 Å². The molecule has 0 spiro atoms. The molecule has 0 radical (unpaired) electrons. The number of sulfone groups is 1. The van der Waals surface area contributed by atoms with Crippen LogP contribution in [0.2, 0.25) is 0 Å². The lowest BCUT2D eigenvalue weighted by atomic mass is 10.1. The van der Waals surface area contributed by atoms with E-state index in [1.165, 1.54) is 18.2 Å². The molecular formula is C11H15FN2O2S. The number of nitrogens with zero attached hydrogens (tertiary/aromatic N) is 1. The number of anilines is 1. The maximum Gasteiger partial charge on any atom is 0.182 e. The Balaban J connectivity index is 2.53. The minimum Gasteiger partial charge on any atom is -0.369 e. The Labute approximate surface area is 100 Å². The molecule has 0 bridgehead atoms. The van der Waals surface area contributed by atoms with Crippen molar-refractivity contribution in [2.75, 3.05) is 24.2 Å². The second-order valence-electron chi connectivity index (χ2n) is 4.24. The highest BCUT2D eigenvalue weighted by atomic mass is 32.2. The molecule has 2 rings (SSSR count). The van der Waals surface area contributed by atoms with Crippen molar-refractivity contribution in [2.45, 2.75) is 17.4 Å². The first-order valence-electron chi connectivity index (χ1n) is 5.41. The fraction of sp³-hybridized carbons (Fsp3) is 0.455. The molecule has 1 heterocycles. The normalized spacial score (nSPS) is 22.3. The van der Waals surface area contributed by atoms with Gasteiger partial charge in [0.05, 0.1) is 16.3 Å². The van der Waals surface area contributed by atoms with Crippen LogP contribution in [0.15, 0.2) is 23.1 Å². The number of hydrogen-bond acceptors (Lipinski definition) is 4. The maximum absolute atomic E-state index is 13.2. The van der Waals surface area contributed by atoms with E-state index in [-0.39, 0.29) is 16.7 Å². The third-order valence-electron chi connectivity index (χ3n) is 3.10. The van der Waals surface area contributed by atoms with E-state index >= 15 is 0 Å². The second kappa shape index (κ2) is 4.27. The van der Waals surface area contributed by atoms with Gasteiger partial charge in [0.2, 0.25) is 0 Å². The van der Waals surface area contributed by atoms with E-state index in [1.807, 2.05) is 0 Å². The molecule has 1 aromatic carbocycles. The molecule has 1 aliphatic rings. The van der Waals surface area contributed by atoms with Crippen LogP contribution in [0.1, 0.15) is 6.42 Å². The molecule has 1 aliphatic heterocycles. The average molecular weight is 258 g/mol. The minimum atomic E-state index is -3.33.